The summed E-state index contributed by atoms with van der Waals surface area (Å²) in [7, 11) is 2.16. The van der Waals surface area contributed by atoms with E-state index in [-0.39, 0.29) is 5.91 Å². The molecule has 0 saturated carbocycles. The van der Waals surface area contributed by atoms with Gasteiger partial charge in [0.15, 0.2) is 0 Å². The fourth-order valence-corrected chi connectivity index (χ4v) is 2.94. The number of nitrogens with one attached hydrogen (secondary N) is 1. The van der Waals surface area contributed by atoms with Crippen LogP contribution in [0.3, 0.4) is 0 Å². The second-order valence-corrected chi connectivity index (χ2v) is 6.48. The van der Waals surface area contributed by atoms with Crippen LogP contribution in [0, 0.1) is 6.92 Å². The van der Waals surface area contributed by atoms with E-state index < -0.39 is 0 Å². The van der Waals surface area contributed by atoms with Crippen molar-refractivity contribution in [2.75, 3.05) is 46.3 Å². The van der Waals surface area contributed by atoms with E-state index in [4.69, 9.17) is 0 Å². The summed E-state index contributed by atoms with van der Waals surface area (Å²) in [4.78, 5) is 17.0. The van der Waals surface area contributed by atoms with E-state index in [0.29, 0.717) is 0 Å². The normalized spacial score (nSPS) is 16.9. The molecular formula is C16H24BrN3O. The zero-order valence-electron chi connectivity index (χ0n) is 12.9. The third kappa shape index (κ3) is 4.80. The van der Waals surface area contributed by atoms with Crippen molar-refractivity contribution in [3.8, 4) is 0 Å². The molecule has 1 saturated heterocycles. The molecule has 4 nitrogen and oxygen atoms in total. The molecule has 116 valence electrons. The molecule has 2 rings (SSSR count). The molecule has 0 unspecified atom stereocenters. The van der Waals surface area contributed by atoms with Gasteiger partial charge in [0.1, 0.15) is 0 Å². The van der Waals surface area contributed by atoms with Crippen LogP contribution in [0.15, 0.2) is 22.7 Å². The first-order chi connectivity index (χ1) is 10.1. The van der Waals surface area contributed by atoms with Gasteiger partial charge in [-0.15, -0.1) is 0 Å². The number of carbonyl (C=O) groups excluding carboxylic acids is 1. The maximum absolute atomic E-state index is 12.2. The Morgan fingerprint density at radius 1 is 1.29 bits per heavy atom. The van der Waals surface area contributed by atoms with Gasteiger partial charge in [0, 0.05) is 37.2 Å². The number of hydrogen-bond donors (Lipinski definition) is 1. The second-order valence-electron chi connectivity index (χ2n) is 5.69. The van der Waals surface area contributed by atoms with E-state index in [1.54, 1.807) is 0 Å². The number of nitrogens with zero attached hydrogens (tertiary/aromatic N) is 2. The first-order valence-electron chi connectivity index (χ1n) is 7.52. The Balaban J connectivity index is 1.71. The minimum absolute atomic E-state index is 0.00366. The maximum atomic E-state index is 12.2. The molecule has 0 aromatic heterocycles. The van der Waals surface area contributed by atoms with Crippen LogP contribution in [0.4, 0.5) is 0 Å². The Kier molecular flexibility index (Phi) is 6.21. The summed E-state index contributed by atoms with van der Waals surface area (Å²) in [5, 5.41) is 3.01. The second kappa shape index (κ2) is 7.92. The van der Waals surface area contributed by atoms with Crippen molar-refractivity contribution < 1.29 is 4.79 Å². The molecule has 21 heavy (non-hydrogen) atoms. The Bertz CT molecular complexity index is 484. The van der Waals surface area contributed by atoms with Crippen molar-refractivity contribution in [3.05, 3.63) is 33.8 Å². The Hall–Kier alpha value is -0.910. The van der Waals surface area contributed by atoms with Crippen LogP contribution in [-0.4, -0.2) is 62.0 Å². The zero-order chi connectivity index (χ0) is 15.2. The molecule has 1 aliphatic rings. The molecule has 1 aromatic rings. The first-order valence-corrected chi connectivity index (χ1v) is 8.31. The molecule has 0 aliphatic carbocycles. The van der Waals surface area contributed by atoms with Gasteiger partial charge in [-0.25, -0.2) is 0 Å². The quantitative estimate of drug-likeness (QED) is 0.823. The molecule has 1 heterocycles. The van der Waals surface area contributed by atoms with Gasteiger partial charge in [0.05, 0.1) is 5.56 Å². The largest absolute Gasteiger partial charge is 0.352 e. The van der Waals surface area contributed by atoms with Gasteiger partial charge >= 0.3 is 0 Å². The highest BCUT2D eigenvalue weighted by Crippen LogP contribution is 2.20. The van der Waals surface area contributed by atoms with Crippen molar-refractivity contribution in [2.45, 2.75) is 13.3 Å². The fourth-order valence-electron chi connectivity index (χ4n) is 2.49. The molecule has 0 bridgehead atoms. The third-order valence-corrected chi connectivity index (χ3v) is 5.02. The van der Waals surface area contributed by atoms with E-state index in [2.05, 4.69) is 38.1 Å². The number of carbonyl (C=O) groups is 1. The molecule has 1 N–H and O–H groups in total. The molecule has 5 heteroatoms. The smallest absolute Gasteiger partial charge is 0.252 e. The summed E-state index contributed by atoms with van der Waals surface area (Å²) >= 11 is 3.48. The minimum atomic E-state index is 0.00366. The van der Waals surface area contributed by atoms with Gasteiger partial charge in [-0.1, -0.05) is 12.1 Å². The van der Waals surface area contributed by atoms with Crippen molar-refractivity contribution >= 4 is 21.8 Å². The van der Waals surface area contributed by atoms with Crippen LogP contribution >= 0.6 is 15.9 Å². The van der Waals surface area contributed by atoms with E-state index in [1.165, 1.54) is 0 Å². The van der Waals surface area contributed by atoms with Gasteiger partial charge in [-0.3, -0.25) is 4.79 Å². The van der Waals surface area contributed by atoms with Crippen LogP contribution in [0.5, 0.6) is 0 Å². The number of piperazine rings is 1. The summed E-state index contributed by atoms with van der Waals surface area (Å²) in [6, 6.07) is 5.76. The van der Waals surface area contributed by atoms with Gasteiger partial charge in [-0.05, 0) is 54.5 Å². The molecule has 0 radical (unpaired) electrons. The minimum Gasteiger partial charge on any atom is -0.352 e. The van der Waals surface area contributed by atoms with E-state index >= 15 is 0 Å². The van der Waals surface area contributed by atoms with Crippen LogP contribution in [-0.2, 0) is 0 Å². The number of halogens is 1. The topological polar surface area (TPSA) is 35.6 Å². The van der Waals surface area contributed by atoms with Gasteiger partial charge in [0.25, 0.3) is 5.91 Å². The lowest BCUT2D eigenvalue weighted by Gasteiger charge is -2.32. The summed E-state index contributed by atoms with van der Waals surface area (Å²) in [5.74, 6) is 0.00366. The highest BCUT2D eigenvalue weighted by atomic mass is 79.9. The number of hydrogen-bond acceptors (Lipinski definition) is 3. The average Bonchev–Trinajstić information content (AvgIpc) is 2.48. The maximum Gasteiger partial charge on any atom is 0.252 e. The van der Waals surface area contributed by atoms with Gasteiger partial charge < -0.3 is 15.1 Å². The van der Waals surface area contributed by atoms with Crippen LogP contribution in [0.1, 0.15) is 22.3 Å². The average molecular weight is 354 g/mol. The monoisotopic (exact) mass is 353 g/mol. The first kappa shape index (κ1) is 16.5. The third-order valence-electron chi connectivity index (χ3n) is 3.97. The molecule has 0 atom stereocenters. The van der Waals surface area contributed by atoms with Crippen LogP contribution in [0.2, 0.25) is 0 Å². The van der Waals surface area contributed by atoms with Crippen molar-refractivity contribution in [3.63, 3.8) is 0 Å². The van der Waals surface area contributed by atoms with Crippen LogP contribution in [0.25, 0.3) is 0 Å². The predicted molar refractivity (Wildman–Crippen MR) is 89.8 cm³/mol. The lowest BCUT2D eigenvalue weighted by molar-refractivity contribution is 0.0948. The SMILES string of the molecule is Cc1cccc(C(=O)NCCCN2CCN(C)CC2)c1Br. The van der Waals surface area contributed by atoms with Crippen molar-refractivity contribution in [2.24, 2.45) is 0 Å². The Morgan fingerprint density at radius 2 is 2.00 bits per heavy atom. The summed E-state index contributed by atoms with van der Waals surface area (Å²) in [5.41, 5.74) is 1.80. The fraction of sp³-hybridized carbons (Fsp3) is 0.562. The molecule has 0 spiro atoms. The van der Waals surface area contributed by atoms with Gasteiger partial charge in [0.2, 0.25) is 0 Å². The summed E-state index contributed by atoms with van der Waals surface area (Å²) < 4.78 is 0.890. The number of benzene rings is 1. The summed E-state index contributed by atoms with van der Waals surface area (Å²) in [6.07, 6.45) is 0.999. The predicted octanol–water partition coefficient (Wildman–Crippen LogP) is 2.12. The van der Waals surface area contributed by atoms with E-state index in [9.17, 15) is 4.79 Å². The van der Waals surface area contributed by atoms with Crippen molar-refractivity contribution in [1.82, 2.24) is 15.1 Å². The number of amides is 1. The molecular weight excluding hydrogens is 330 g/mol. The molecule has 1 aromatic carbocycles. The number of likely N-dealkylation sites (N-methyl/N-ethyl adjacent to an activating group) is 1. The Labute approximate surface area is 135 Å². The highest BCUT2D eigenvalue weighted by Gasteiger charge is 2.14. The highest BCUT2D eigenvalue weighted by molar-refractivity contribution is 9.10. The molecule has 1 aliphatic heterocycles. The Morgan fingerprint density at radius 3 is 2.71 bits per heavy atom. The lowest BCUT2D eigenvalue weighted by Crippen LogP contribution is -2.45. The van der Waals surface area contributed by atoms with E-state index in [0.717, 1.165) is 61.3 Å². The number of aryl methyl sites for hydroxylation is 1. The standard InChI is InChI=1S/C16H24BrN3O/c1-13-5-3-6-14(15(13)17)16(21)18-7-4-8-20-11-9-19(2)10-12-20/h3,5-6H,4,7-12H2,1-2H3,(H,18,21). The van der Waals surface area contributed by atoms with Crippen molar-refractivity contribution in [1.29, 1.82) is 0 Å². The van der Waals surface area contributed by atoms with Gasteiger partial charge in [-0.2, -0.15) is 0 Å². The molecule has 1 amide bonds. The summed E-state index contributed by atoms with van der Waals surface area (Å²) in [6.45, 7) is 8.33. The molecule has 1 fully saturated rings. The number of rotatable bonds is 5. The van der Waals surface area contributed by atoms with E-state index in [1.807, 2.05) is 25.1 Å². The zero-order valence-corrected chi connectivity index (χ0v) is 14.4. The van der Waals surface area contributed by atoms with Crippen LogP contribution < -0.4 is 5.32 Å². The lowest BCUT2D eigenvalue weighted by atomic mass is 10.1.